The molecule has 0 aliphatic rings. The lowest BCUT2D eigenvalue weighted by Gasteiger charge is -2.18. The molecule has 1 aromatic carbocycles. The van der Waals surface area contributed by atoms with Gasteiger partial charge in [0.2, 0.25) is 0 Å². The Labute approximate surface area is 94.5 Å². The fourth-order valence-electron chi connectivity index (χ4n) is 1.46. The molecule has 16 heavy (non-hydrogen) atoms. The summed E-state index contributed by atoms with van der Waals surface area (Å²) in [7, 11) is 1.96. The van der Waals surface area contributed by atoms with Gasteiger partial charge in [-0.1, -0.05) is 6.92 Å². The van der Waals surface area contributed by atoms with Gasteiger partial charge in [-0.2, -0.15) is 0 Å². The molecule has 0 radical (unpaired) electrons. The van der Waals surface area contributed by atoms with Crippen LogP contribution in [0.3, 0.4) is 0 Å². The van der Waals surface area contributed by atoms with Gasteiger partial charge in [-0.05, 0) is 30.7 Å². The van der Waals surface area contributed by atoms with Gasteiger partial charge in [0.1, 0.15) is 0 Å². The van der Waals surface area contributed by atoms with E-state index < -0.39 is 11.8 Å². The van der Waals surface area contributed by atoms with Gasteiger partial charge in [0.25, 0.3) is 5.78 Å². The number of ketones is 1. The third kappa shape index (κ3) is 2.82. The second-order valence-electron chi connectivity index (χ2n) is 3.60. The van der Waals surface area contributed by atoms with E-state index in [1.165, 1.54) is 12.1 Å². The molecule has 0 unspecified atom stereocenters. The Hall–Kier alpha value is -1.84. The number of benzene rings is 1. The molecule has 0 amide bonds. The first-order chi connectivity index (χ1) is 7.56. The van der Waals surface area contributed by atoms with Crippen molar-refractivity contribution in [3.8, 4) is 0 Å². The minimum Gasteiger partial charge on any atom is -0.475 e. The maximum Gasteiger partial charge on any atom is 0.377 e. The Balaban J connectivity index is 2.83. The normalized spacial score (nSPS) is 9.88. The minimum absolute atomic E-state index is 0.209. The highest BCUT2D eigenvalue weighted by Gasteiger charge is 2.14. The van der Waals surface area contributed by atoms with Crippen LogP contribution >= 0.6 is 0 Å². The van der Waals surface area contributed by atoms with E-state index in [0.29, 0.717) is 0 Å². The number of hydrogen-bond donors (Lipinski definition) is 1. The van der Waals surface area contributed by atoms with E-state index in [0.717, 1.165) is 18.7 Å². The molecule has 0 aromatic heterocycles. The Morgan fingerprint density at radius 2 is 1.81 bits per heavy atom. The average Bonchev–Trinajstić information content (AvgIpc) is 2.28. The molecule has 0 bridgehead atoms. The van der Waals surface area contributed by atoms with E-state index in [1.807, 2.05) is 7.05 Å². The number of carboxylic acid groups (broad SMARTS) is 1. The van der Waals surface area contributed by atoms with Crippen LogP contribution in [0.25, 0.3) is 0 Å². The first-order valence-corrected chi connectivity index (χ1v) is 5.15. The standard InChI is InChI=1S/C12H15NO3/c1-3-8-13(2)10-6-4-9(5-7-10)11(14)12(15)16/h4-7H,3,8H2,1-2H3,(H,15,16). The molecule has 1 aromatic rings. The summed E-state index contributed by atoms with van der Waals surface area (Å²) < 4.78 is 0. The summed E-state index contributed by atoms with van der Waals surface area (Å²) in [5, 5.41) is 8.54. The van der Waals surface area contributed by atoms with Crippen molar-refractivity contribution < 1.29 is 14.7 Å². The van der Waals surface area contributed by atoms with Crippen LogP contribution in [0.15, 0.2) is 24.3 Å². The van der Waals surface area contributed by atoms with Crippen LogP contribution in [0, 0.1) is 0 Å². The van der Waals surface area contributed by atoms with Gasteiger partial charge in [0, 0.05) is 24.8 Å². The Bertz CT molecular complexity index is 384. The van der Waals surface area contributed by atoms with E-state index in [9.17, 15) is 9.59 Å². The lowest BCUT2D eigenvalue weighted by molar-refractivity contribution is -0.131. The van der Waals surface area contributed by atoms with Crippen molar-refractivity contribution in [3.05, 3.63) is 29.8 Å². The van der Waals surface area contributed by atoms with Crippen molar-refractivity contribution in [1.29, 1.82) is 0 Å². The predicted octanol–water partition coefficient (Wildman–Crippen LogP) is 1.80. The monoisotopic (exact) mass is 221 g/mol. The SMILES string of the molecule is CCCN(C)c1ccc(C(=O)C(=O)O)cc1. The Morgan fingerprint density at radius 3 is 2.25 bits per heavy atom. The van der Waals surface area contributed by atoms with E-state index in [4.69, 9.17) is 5.11 Å². The van der Waals surface area contributed by atoms with Crippen molar-refractivity contribution in [2.75, 3.05) is 18.5 Å². The number of nitrogens with zero attached hydrogens (tertiary/aromatic N) is 1. The number of Topliss-reactive ketones (excluding diaryl/α,β-unsaturated/α-hetero) is 1. The van der Waals surface area contributed by atoms with Crippen LogP contribution in [-0.4, -0.2) is 30.5 Å². The van der Waals surface area contributed by atoms with E-state index in [2.05, 4.69) is 11.8 Å². The molecule has 4 nitrogen and oxygen atoms in total. The molecule has 0 saturated heterocycles. The van der Waals surface area contributed by atoms with Crippen LogP contribution in [0.1, 0.15) is 23.7 Å². The molecule has 0 atom stereocenters. The Kier molecular flexibility index (Phi) is 4.05. The third-order valence-corrected chi connectivity index (χ3v) is 2.32. The predicted molar refractivity (Wildman–Crippen MR) is 62.0 cm³/mol. The van der Waals surface area contributed by atoms with Crippen molar-refractivity contribution >= 4 is 17.4 Å². The molecule has 0 saturated carbocycles. The fraction of sp³-hybridized carbons (Fsp3) is 0.333. The summed E-state index contributed by atoms with van der Waals surface area (Å²) >= 11 is 0. The van der Waals surface area contributed by atoms with Crippen LogP contribution in [0.4, 0.5) is 5.69 Å². The van der Waals surface area contributed by atoms with Crippen molar-refractivity contribution in [2.45, 2.75) is 13.3 Å². The zero-order valence-corrected chi connectivity index (χ0v) is 9.43. The largest absolute Gasteiger partial charge is 0.475 e. The molecule has 0 aliphatic carbocycles. The van der Waals surface area contributed by atoms with E-state index in [-0.39, 0.29) is 5.56 Å². The van der Waals surface area contributed by atoms with Gasteiger partial charge >= 0.3 is 5.97 Å². The van der Waals surface area contributed by atoms with E-state index in [1.54, 1.807) is 12.1 Å². The number of anilines is 1. The molecule has 0 aliphatic heterocycles. The highest BCUT2D eigenvalue weighted by atomic mass is 16.4. The minimum atomic E-state index is -1.42. The molecule has 0 spiro atoms. The summed E-state index contributed by atoms with van der Waals surface area (Å²) in [6.45, 7) is 3.01. The first kappa shape index (κ1) is 12.2. The molecule has 1 N–H and O–H groups in total. The highest BCUT2D eigenvalue weighted by molar-refractivity contribution is 6.39. The molecule has 4 heteroatoms. The average molecular weight is 221 g/mol. The quantitative estimate of drug-likeness (QED) is 0.608. The lowest BCUT2D eigenvalue weighted by atomic mass is 10.1. The number of carbonyl (C=O) groups is 2. The number of carboxylic acids is 1. The van der Waals surface area contributed by atoms with Gasteiger partial charge < -0.3 is 10.0 Å². The number of carbonyl (C=O) groups excluding carboxylic acids is 1. The van der Waals surface area contributed by atoms with Gasteiger partial charge in [0.05, 0.1) is 0 Å². The van der Waals surface area contributed by atoms with Gasteiger partial charge in [-0.25, -0.2) is 4.79 Å². The molecular weight excluding hydrogens is 206 g/mol. The lowest BCUT2D eigenvalue weighted by Crippen LogP contribution is -2.18. The van der Waals surface area contributed by atoms with Crippen molar-refractivity contribution in [2.24, 2.45) is 0 Å². The van der Waals surface area contributed by atoms with Crippen LogP contribution in [-0.2, 0) is 4.79 Å². The second kappa shape index (κ2) is 5.30. The highest BCUT2D eigenvalue weighted by Crippen LogP contribution is 2.14. The summed E-state index contributed by atoms with van der Waals surface area (Å²) in [6.07, 6.45) is 1.03. The maximum absolute atomic E-state index is 11.1. The van der Waals surface area contributed by atoms with E-state index >= 15 is 0 Å². The van der Waals surface area contributed by atoms with Crippen LogP contribution in [0.5, 0.6) is 0 Å². The van der Waals surface area contributed by atoms with Crippen LogP contribution < -0.4 is 4.90 Å². The molecule has 86 valence electrons. The number of aliphatic carboxylic acids is 1. The number of rotatable bonds is 5. The zero-order valence-electron chi connectivity index (χ0n) is 9.43. The van der Waals surface area contributed by atoms with Gasteiger partial charge in [0.15, 0.2) is 0 Å². The smallest absolute Gasteiger partial charge is 0.377 e. The molecule has 1 rings (SSSR count). The van der Waals surface area contributed by atoms with Gasteiger partial charge in [-0.15, -0.1) is 0 Å². The number of hydrogen-bond acceptors (Lipinski definition) is 3. The van der Waals surface area contributed by atoms with Crippen LogP contribution in [0.2, 0.25) is 0 Å². The van der Waals surface area contributed by atoms with Crippen molar-refractivity contribution in [3.63, 3.8) is 0 Å². The molecule has 0 fully saturated rings. The topological polar surface area (TPSA) is 57.6 Å². The molecular formula is C12H15NO3. The van der Waals surface area contributed by atoms with Gasteiger partial charge in [-0.3, -0.25) is 4.79 Å². The first-order valence-electron chi connectivity index (χ1n) is 5.15. The third-order valence-electron chi connectivity index (χ3n) is 2.32. The summed E-state index contributed by atoms with van der Waals surface area (Å²) in [5.41, 5.74) is 1.19. The molecule has 0 heterocycles. The second-order valence-corrected chi connectivity index (χ2v) is 3.60. The fourth-order valence-corrected chi connectivity index (χ4v) is 1.46. The zero-order chi connectivity index (χ0) is 12.1. The summed E-state index contributed by atoms with van der Waals surface area (Å²) in [4.78, 5) is 23.6. The summed E-state index contributed by atoms with van der Waals surface area (Å²) in [5.74, 6) is -2.29. The van der Waals surface area contributed by atoms with Crippen molar-refractivity contribution in [1.82, 2.24) is 0 Å². The maximum atomic E-state index is 11.1. The Morgan fingerprint density at radius 1 is 1.25 bits per heavy atom. The summed E-state index contributed by atoms with van der Waals surface area (Å²) in [6, 6.07) is 6.59.